The smallest absolute Gasteiger partial charge is 0.254 e. The molecule has 5 nitrogen and oxygen atoms in total. The van der Waals surface area contributed by atoms with Gasteiger partial charge in [-0.05, 0) is 42.3 Å². The Morgan fingerprint density at radius 2 is 1.72 bits per heavy atom. The second kappa shape index (κ2) is 8.89. The normalized spacial score (nSPS) is 14.6. The number of para-hydroxylation sites is 1. The highest BCUT2D eigenvalue weighted by molar-refractivity contribution is 6.07. The van der Waals surface area contributed by atoms with E-state index in [9.17, 15) is 4.79 Å². The van der Waals surface area contributed by atoms with Gasteiger partial charge < -0.3 is 4.90 Å². The van der Waals surface area contributed by atoms with Crippen molar-refractivity contribution in [1.29, 1.82) is 0 Å². The number of carbonyl (C=O) groups excluding carboxylic acids is 1. The maximum atomic E-state index is 13.6. The number of pyridine rings is 2. The molecule has 3 heterocycles. The van der Waals surface area contributed by atoms with Crippen LogP contribution in [0.1, 0.15) is 21.5 Å². The zero-order chi connectivity index (χ0) is 21.9. The van der Waals surface area contributed by atoms with Gasteiger partial charge in [-0.2, -0.15) is 0 Å². The number of fused-ring (bicyclic) bond motifs is 1. The Kier molecular flexibility index (Phi) is 5.65. The average molecular weight is 423 g/mol. The number of rotatable bonds is 4. The molecule has 0 N–H and O–H groups in total. The number of hydrogen-bond acceptors (Lipinski definition) is 4. The van der Waals surface area contributed by atoms with E-state index >= 15 is 0 Å². The Hall–Kier alpha value is -3.57. The van der Waals surface area contributed by atoms with Gasteiger partial charge in [-0.25, -0.2) is 4.98 Å². The molecule has 0 unspecified atom stereocenters. The van der Waals surface area contributed by atoms with Gasteiger partial charge in [0.1, 0.15) is 0 Å². The van der Waals surface area contributed by atoms with Crippen molar-refractivity contribution in [3.8, 4) is 11.3 Å². The fourth-order valence-corrected chi connectivity index (χ4v) is 4.32. The number of hydrogen-bond donors (Lipinski definition) is 0. The van der Waals surface area contributed by atoms with Crippen LogP contribution in [0.25, 0.3) is 22.2 Å². The molecule has 5 heteroatoms. The number of nitrogens with zero attached hydrogens (tertiary/aromatic N) is 4. The molecular formula is C27H26N4O. The van der Waals surface area contributed by atoms with E-state index in [0.717, 1.165) is 54.9 Å². The second-order valence-electron chi connectivity index (χ2n) is 8.31. The highest BCUT2D eigenvalue weighted by atomic mass is 16.2. The Labute approximate surface area is 188 Å². The van der Waals surface area contributed by atoms with E-state index in [4.69, 9.17) is 4.98 Å². The maximum Gasteiger partial charge on any atom is 0.254 e. The third-order valence-electron chi connectivity index (χ3n) is 6.22. The second-order valence-corrected chi connectivity index (χ2v) is 8.31. The number of aromatic nitrogens is 2. The van der Waals surface area contributed by atoms with Crippen LogP contribution in [-0.4, -0.2) is 51.9 Å². The first-order chi connectivity index (χ1) is 15.7. The minimum atomic E-state index is 0.0734. The van der Waals surface area contributed by atoms with E-state index in [0.29, 0.717) is 5.56 Å². The summed E-state index contributed by atoms with van der Waals surface area (Å²) in [7, 11) is 0. The zero-order valence-corrected chi connectivity index (χ0v) is 18.2. The van der Waals surface area contributed by atoms with Gasteiger partial charge in [0.2, 0.25) is 0 Å². The minimum absolute atomic E-state index is 0.0734. The summed E-state index contributed by atoms with van der Waals surface area (Å²) in [6.07, 6.45) is 3.53. The molecule has 160 valence electrons. The van der Waals surface area contributed by atoms with Gasteiger partial charge in [-0.1, -0.05) is 42.5 Å². The van der Waals surface area contributed by atoms with Gasteiger partial charge in [-0.15, -0.1) is 0 Å². The minimum Gasteiger partial charge on any atom is -0.336 e. The summed E-state index contributed by atoms with van der Waals surface area (Å²) >= 11 is 0. The van der Waals surface area contributed by atoms with Crippen LogP contribution in [0.15, 0.2) is 79.1 Å². The Morgan fingerprint density at radius 1 is 0.938 bits per heavy atom. The summed E-state index contributed by atoms with van der Waals surface area (Å²) in [6, 6.07) is 22.2. The Bertz CT molecular complexity index is 1250. The van der Waals surface area contributed by atoms with Gasteiger partial charge in [0, 0.05) is 56.1 Å². The summed E-state index contributed by atoms with van der Waals surface area (Å²) in [5.74, 6) is 0.0734. The number of amides is 1. The topological polar surface area (TPSA) is 49.3 Å². The molecule has 1 fully saturated rings. The molecule has 0 atom stereocenters. The number of piperazine rings is 1. The lowest BCUT2D eigenvalue weighted by Gasteiger charge is -2.35. The first-order valence-corrected chi connectivity index (χ1v) is 11.1. The van der Waals surface area contributed by atoms with Gasteiger partial charge in [0.15, 0.2) is 0 Å². The number of carbonyl (C=O) groups is 1. The predicted molar refractivity (Wildman–Crippen MR) is 127 cm³/mol. The summed E-state index contributed by atoms with van der Waals surface area (Å²) in [4.78, 5) is 27.0. The zero-order valence-electron chi connectivity index (χ0n) is 18.2. The van der Waals surface area contributed by atoms with Crippen molar-refractivity contribution in [3.05, 3.63) is 95.8 Å². The van der Waals surface area contributed by atoms with E-state index in [1.807, 2.05) is 47.4 Å². The van der Waals surface area contributed by atoms with Crippen LogP contribution in [0.5, 0.6) is 0 Å². The van der Waals surface area contributed by atoms with Gasteiger partial charge in [-0.3, -0.25) is 14.7 Å². The lowest BCUT2D eigenvalue weighted by atomic mass is 10.0. The van der Waals surface area contributed by atoms with Crippen LogP contribution in [0.3, 0.4) is 0 Å². The summed E-state index contributed by atoms with van der Waals surface area (Å²) in [5.41, 5.74) is 5.90. The van der Waals surface area contributed by atoms with Crippen molar-refractivity contribution in [2.24, 2.45) is 0 Å². The van der Waals surface area contributed by atoms with Gasteiger partial charge >= 0.3 is 0 Å². The maximum absolute atomic E-state index is 13.6. The lowest BCUT2D eigenvalue weighted by molar-refractivity contribution is 0.0630. The summed E-state index contributed by atoms with van der Waals surface area (Å²) < 4.78 is 0. The standard InChI is InChI=1S/C27H26N4O/c1-20-7-2-3-8-22(20)19-30-13-15-31(16-14-30)27(32)24-17-26(21-9-6-12-28-18-21)29-25-11-5-4-10-23(24)25/h2-12,17-18H,13-16,19H2,1H3. The molecule has 32 heavy (non-hydrogen) atoms. The lowest BCUT2D eigenvalue weighted by Crippen LogP contribution is -2.48. The highest BCUT2D eigenvalue weighted by Gasteiger charge is 2.24. The molecule has 0 saturated carbocycles. The first-order valence-electron chi connectivity index (χ1n) is 11.1. The van der Waals surface area contributed by atoms with Crippen LogP contribution in [0, 0.1) is 6.92 Å². The van der Waals surface area contributed by atoms with E-state index in [-0.39, 0.29) is 5.91 Å². The molecule has 1 saturated heterocycles. The van der Waals surface area contributed by atoms with Crippen molar-refractivity contribution < 1.29 is 4.79 Å². The molecule has 2 aromatic carbocycles. The van der Waals surface area contributed by atoms with E-state index in [2.05, 4.69) is 41.1 Å². The van der Waals surface area contributed by atoms with Crippen molar-refractivity contribution >= 4 is 16.8 Å². The molecule has 1 amide bonds. The highest BCUT2D eigenvalue weighted by Crippen LogP contribution is 2.26. The van der Waals surface area contributed by atoms with Crippen LogP contribution in [0.2, 0.25) is 0 Å². The molecule has 4 aromatic rings. The molecule has 1 aliphatic heterocycles. The predicted octanol–water partition coefficient (Wildman–Crippen LogP) is 4.56. The van der Waals surface area contributed by atoms with E-state index in [1.165, 1.54) is 11.1 Å². The van der Waals surface area contributed by atoms with Crippen molar-refractivity contribution in [1.82, 2.24) is 19.8 Å². The molecular weight excluding hydrogens is 396 g/mol. The fraction of sp³-hybridized carbons (Fsp3) is 0.222. The number of aryl methyl sites for hydroxylation is 1. The Balaban J connectivity index is 1.38. The molecule has 0 spiro atoms. The van der Waals surface area contributed by atoms with Crippen LogP contribution >= 0.6 is 0 Å². The first kappa shape index (κ1) is 20.3. The molecule has 5 rings (SSSR count). The van der Waals surface area contributed by atoms with E-state index in [1.54, 1.807) is 12.4 Å². The van der Waals surface area contributed by atoms with Gasteiger partial charge in [0.25, 0.3) is 5.91 Å². The average Bonchev–Trinajstić information content (AvgIpc) is 2.85. The van der Waals surface area contributed by atoms with Crippen molar-refractivity contribution in [2.45, 2.75) is 13.5 Å². The third-order valence-corrected chi connectivity index (χ3v) is 6.22. The molecule has 0 bridgehead atoms. The molecule has 0 aliphatic carbocycles. The number of benzene rings is 2. The van der Waals surface area contributed by atoms with Crippen LogP contribution in [-0.2, 0) is 6.54 Å². The molecule has 1 aliphatic rings. The van der Waals surface area contributed by atoms with Crippen LogP contribution in [0.4, 0.5) is 0 Å². The van der Waals surface area contributed by atoms with Gasteiger partial charge in [0.05, 0.1) is 16.8 Å². The molecule has 0 radical (unpaired) electrons. The Morgan fingerprint density at radius 3 is 2.50 bits per heavy atom. The third kappa shape index (κ3) is 4.12. The summed E-state index contributed by atoms with van der Waals surface area (Å²) in [5, 5.41) is 0.896. The SMILES string of the molecule is Cc1ccccc1CN1CCN(C(=O)c2cc(-c3cccnc3)nc3ccccc23)CC1. The largest absolute Gasteiger partial charge is 0.336 e. The van der Waals surface area contributed by atoms with Crippen molar-refractivity contribution in [3.63, 3.8) is 0 Å². The van der Waals surface area contributed by atoms with Crippen molar-refractivity contribution in [2.75, 3.05) is 26.2 Å². The molecule has 2 aromatic heterocycles. The summed E-state index contributed by atoms with van der Waals surface area (Å²) in [6.45, 7) is 6.28. The monoisotopic (exact) mass is 422 g/mol. The fourth-order valence-electron chi connectivity index (χ4n) is 4.32. The van der Waals surface area contributed by atoms with Crippen LogP contribution < -0.4 is 0 Å². The van der Waals surface area contributed by atoms with E-state index < -0.39 is 0 Å². The quantitative estimate of drug-likeness (QED) is 0.484.